The number of allylic oxidation sites excluding steroid dienone is 1. The van der Waals surface area contributed by atoms with Gasteiger partial charge in [0.1, 0.15) is 0 Å². The Morgan fingerprint density at radius 3 is 2.56 bits per heavy atom. The third kappa shape index (κ3) is 2.01. The monoisotopic (exact) mass is 216 g/mol. The normalized spacial score (nSPS) is 19.4. The van der Waals surface area contributed by atoms with Gasteiger partial charge in [0.25, 0.3) is 0 Å². The zero-order chi connectivity index (χ0) is 11.8. The first-order valence-electron chi connectivity index (χ1n) is 6.00. The van der Waals surface area contributed by atoms with Gasteiger partial charge in [0.2, 0.25) is 0 Å². The Hall–Kier alpha value is -1.18. The lowest BCUT2D eigenvalue weighted by atomic mass is 9.66. The largest absolute Gasteiger partial charge is 0.255 e. The quantitative estimate of drug-likeness (QED) is 0.753. The average Bonchev–Trinajstić information content (AvgIpc) is 2.18. The van der Waals surface area contributed by atoms with Crippen molar-refractivity contribution in [2.24, 2.45) is 5.41 Å². The summed E-state index contributed by atoms with van der Waals surface area (Å²) in [5, 5.41) is 0. The smallest absolute Gasteiger partial charge is 0.0842 e. The van der Waals surface area contributed by atoms with Crippen LogP contribution in [-0.4, -0.2) is 9.97 Å². The molecule has 1 saturated carbocycles. The van der Waals surface area contributed by atoms with E-state index in [0.29, 0.717) is 5.41 Å². The predicted molar refractivity (Wildman–Crippen MR) is 67.1 cm³/mol. The number of aryl methyl sites for hydroxylation is 2. The molecule has 1 heterocycles. The third-order valence-corrected chi connectivity index (χ3v) is 3.87. The molecule has 1 fully saturated rings. The van der Waals surface area contributed by atoms with E-state index in [1.54, 1.807) is 0 Å². The molecular formula is C14H20N2. The van der Waals surface area contributed by atoms with Crippen LogP contribution in [0.15, 0.2) is 11.8 Å². The molecule has 0 spiro atoms. The molecule has 0 aliphatic heterocycles. The summed E-state index contributed by atoms with van der Waals surface area (Å²) in [6.07, 6.45) is 8.04. The highest BCUT2D eigenvalue weighted by atomic mass is 14.8. The fourth-order valence-electron chi connectivity index (χ4n) is 2.23. The molecule has 16 heavy (non-hydrogen) atoms. The van der Waals surface area contributed by atoms with Crippen LogP contribution >= 0.6 is 0 Å². The van der Waals surface area contributed by atoms with Gasteiger partial charge in [-0.25, -0.2) is 0 Å². The zero-order valence-electron chi connectivity index (χ0n) is 10.7. The van der Waals surface area contributed by atoms with E-state index < -0.39 is 0 Å². The standard InChI is InChI=1S/C14H20N2/c1-10(14(4)6-5-7-14)8-13-12(3)16-11(2)9-15-13/h8-9H,5-7H2,1-4H3/b10-8+. The molecule has 1 aliphatic rings. The summed E-state index contributed by atoms with van der Waals surface area (Å²) in [7, 11) is 0. The molecule has 2 heteroatoms. The number of rotatable bonds is 2. The fraction of sp³-hybridized carbons (Fsp3) is 0.571. The third-order valence-electron chi connectivity index (χ3n) is 3.87. The Morgan fingerprint density at radius 2 is 2.06 bits per heavy atom. The van der Waals surface area contributed by atoms with Crippen LogP contribution in [0.25, 0.3) is 6.08 Å². The molecule has 1 aromatic rings. The number of hydrogen-bond acceptors (Lipinski definition) is 2. The van der Waals surface area contributed by atoms with Crippen LogP contribution in [0.4, 0.5) is 0 Å². The van der Waals surface area contributed by atoms with E-state index in [4.69, 9.17) is 0 Å². The van der Waals surface area contributed by atoms with Crippen molar-refractivity contribution in [3.63, 3.8) is 0 Å². The first-order valence-corrected chi connectivity index (χ1v) is 6.00. The van der Waals surface area contributed by atoms with Gasteiger partial charge in [-0.15, -0.1) is 0 Å². The molecule has 0 bridgehead atoms. The zero-order valence-corrected chi connectivity index (χ0v) is 10.7. The van der Waals surface area contributed by atoms with Crippen LogP contribution < -0.4 is 0 Å². The molecule has 0 radical (unpaired) electrons. The van der Waals surface area contributed by atoms with Crippen LogP contribution in [0.1, 0.15) is 50.2 Å². The highest BCUT2D eigenvalue weighted by Gasteiger charge is 2.33. The molecule has 1 aromatic heterocycles. The van der Waals surface area contributed by atoms with Crippen LogP contribution in [0.5, 0.6) is 0 Å². The summed E-state index contributed by atoms with van der Waals surface area (Å²) in [6, 6.07) is 0. The second-order valence-corrected chi connectivity index (χ2v) is 5.22. The molecule has 0 atom stereocenters. The first kappa shape index (κ1) is 11.3. The summed E-state index contributed by atoms with van der Waals surface area (Å²) in [6.45, 7) is 8.58. The van der Waals surface area contributed by atoms with E-state index in [2.05, 4.69) is 29.9 Å². The lowest BCUT2D eigenvalue weighted by Gasteiger charge is -2.39. The summed E-state index contributed by atoms with van der Waals surface area (Å²) < 4.78 is 0. The Morgan fingerprint density at radius 1 is 1.38 bits per heavy atom. The van der Waals surface area contributed by atoms with Crippen LogP contribution in [0, 0.1) is 19.3 Å². The average molecular weight is 216 g/mol. The topological polar surface area (TPSA) is 25.8 Å². The van der Waals surface area contributed by atoms with Gasteiger partial charge in [-0.2, -0.15) is 0 Å². The lowest BCUT2D eigenvalue weighted by molar-refractivity contribution is 0.216. The van der Waals surface area contributed by atoms with Gasteiger partial charge < -0.3 is 0 Å². The molecule has 1 aliphatic carbocycles. The second kappa shape index (κ2) is 4.00. The van der Waals surface area contributed by atoms with Gasteiger partial charge in [0, 0.05) is 6.20 Å². The SMILES string of the molecule is C/C(=C\c1ncc(C)nc1C)C1(C)CCC1. The van der Waals surface area contributed by atoms with Gasteiger partial charge in [-0.05, 0) is 45.1 Å². The first-order chi connectivity index (χ1) is 7.51. The highest BCUT2D eigenvalue weighted by Crippen LogP contribution is 2.46. The van der Waals surface area contributed by atoms with Gasteiger partial charge in [0.05, 0.1) is 17.1 Å². The summed E-state index contributed by atoms with van der Waals surface area (Å²) >= 11 is 0. The minimum atomic E-state index is 0.416. The molecule has 0 N–H and O–H groups in total. The minimum absolute atomic E-state index is 0.416. The van der Waals surface area contributed by atoms with Crippen LogP contribution in [-0.2, 0) is 0 Å². The Labute approximate surface area is 97.8 Å². The Kier molecular flexibility index (Phi) is 2.83. The van der Waals surface area contributed by atoms with Crippen molar-refractivity contribution in [2.75, 3.05) is 0 Å². The van der Waals surface area contributed by atoms with Crippen molar-refractivity contribution in [2.45, 2.75) is 47.0 Å². The van der Waals surface area contributed by atoms with Crippen molar-refractivity contribution < 1.29 is 0 Å². The highest BCUT2D eigenvalue weighted by molar-refractivity contribution is 5.52. The van der Waals surface area contributed by atoms with Crippen molar-refractivity contribution in [1.82, 2.24) is 9.97 Å². The second-order valence-electron chi connectivity index (χ2n) is 5.22. The summed E-state index contributed by atoms with van der Waals surface area (Å²) in [4.78, 5) is 8.90. The predicted octanol–water partition coefficient (Wildman–Crippen LogP) is 3.69. The lowest BCUT2D eigenvalue weighted by Crippen LogP contribution is -2.26. The maximum atomic E-state index is 4.45. The molecule has 0 amide bonds. The van der Waals surface area contributed by atoms with Crippen LogP contribution in [0.3, 0.4) is 0 Å². The molecule has 2 rings (SSSR count). The number of aromatic nitrogens is 2. The molecule has 0 aromatic carbocycles. The van der Waals surface area contributed by atoms with Crippen molar-refractivity contribution >= 4 is 6.08 Å². The molecule has 0 saturated heterocycles. The van der Waals surface area contributed by atoms with E-state index >= 15 is 0 Å². The maximum absolute atomic E-state index is 4.45. The van der Waals surface area contributed by atoms with Gasteiger partial charge in [0.15, 0.2) is 0 Å². The Bertz CT molecular complexity index is 428. The number of hydrogen-bond donors (Lipinski definition) is 0. The van der Waals surface area contributed by atoms with Crippen molar-refractivity contribution in [1.29, 1.82) is 0 Å². The molecule has 0 unspecified atom stereocenters. The summed E-state index contributed by atoms with van der Waals surface area (Å²) in [5.74, 6) is 0. The van der Waals surface area contributed by atoms with E-state index in [0.717, 1.165) is 17.1 Å². The van der Waals surface area contributed by atoms with Gasteiger partial charge >= 0.3 is 0 Å². The van der Waals surface area contributed by atoms with E-state index in [-0.39, 0.29) is 0 Å². The molecular weight excluding hydrogens is 196 g/mol. The van der Waals surface area contributed by atoms with E-state index in [9.17, 15) is 0 Å². The Balaban J connectivity index is 2.28. The van der Waals surface area contributed by atoms with Crippen LogP contribution in [0.2, 0.25) is 0 Å². The van der Waals surface area contributed by atoms with Crippen molar-refractivity contribution in [3.8, 4) is 0 Å². The van der Waals surface area contributed by atoms with Gasteiger partial charge in [-0.1, -0.05) is 18.9 Å². The van der Waals surface area contributed by atoms with E-state index in [1.807, 2.05) is 20.0 Å². The molecule has 86 valence electrons. The van der Waals surface area contributed by atoms with E-state index in [1.165, 1.54) is 24.8 Å². The minimum Gasteiger partial charge on any atom is -0.255 e. The fourth-order valence-corrected chi connectivity index (χ4v) is 2.23. The number of nitrogens with zero attached hydrogens (tertiary/aromatic N) is 2. The van der Waals surface area contributed by atoms with Crippen molar-refractivity contribution in [3.05, 3.63) is 28.9 Å². The summed E-state index contributed by atoms with van der Waals surface area (Å²) in [5.41, 5.74) is 4.90. The maximum Gasteiger partial charge on any atom is 0.0842 e. The molecule has 2 nitrogen and oxygen atoms in total. The van der Waals surface area contributed by atoms with Gasteiger partial charge in [-0.3, -0.25) is 9.97 Å².